The summed E-state index contributed by atoms with van der Waals surface area (Å²) < 4.78 is 0. The molecule has 0 atom stereocenters. The van der Waals surface area contributed by atoms with Crippen molar-refractivity contribution in [1.82, 2.24) is 9.97 Å². The molecule has 2 aromatic rings. The van der Waals surface area contributed by atoms with Crippen molar-refractivity contribution in [3.8, 4) is 0 Å². The molecule has 1 aliphatic rings. The average molecular weight is 215 g/mol. The predicted octanol–water partition coefficient (Wildman–Crippen LogP) is 2.25. The van der Waals surface area contributed by atoms with E-state index in [0.29, 0.717) is 6.54 Å². The van der Waals surface area contributed by atoms with Gasteiger partial charge in [-0.25, -0.2) is 4.98 Å². The van der Waals surface area contributed by atoms with Crippen molar-refractivity contribution < 1.29 is 0 Å². The number of aromatic nitrogens is 2. The molecule has 0 unspecified atom stereocenters. The van der Waals surface area contributed by atoms with Crippen LogP contribution in [0.25, 0.3) is 11.0 Å². The van der Waals surface area contributed by atoms with E-state index in [1.54, 1.807) is 0 Å². The summed E-state index contributed by atoms with van der Waals surface area (Å²) in [6.45, 7) is 2.80. The van der Waals surface area contributed by atoms with E-state index < -0.39 is 0 Å². The largest absolute Gasteiger partial charge is 0.341 e. The maximum Gasteiger partial charge on any atom is 0.114 e. The quantitative estimate of drug-likeness (QED) is 0.807. The lowest BCUT2D eigenvalue weighted by molar-refractivity contribution is 0.240. The summed E-state index contributed by atoms with van der Waals surface area (Å²) in [6, 6.07) is 6.32. The molecule has 1 fully saturated rings. The first kappa shape index (κ1) is 9.85. The number of aromatic amines is 1. The van der Waals surface area contributed by atoms with Crippen molar-refractivity contribution in [1.29, 1.82) is 0 Å². The third kappa shape index (κ3) is 1.28. The summed E-state index contributed by atoms with van der Waals surface area (Å²) in [6.07, 6.45) is 3.61. The molecule has 0 aliphatic heterocycles. The molecule has 0 radical (unpaired) electrons. The van der Waals surface area contributed by atoms with Gasteiger partial charge in [-0.15, -0.1) is 0 Å². The highest BCUT2D eigenvalue weighted by atomic mass is 15.0. The number of benzene rings is 1. The Balaban J connectivity index is 2.11. The standard InChI is InChI=1S/C13H17N3/c1-9-3-4-10-11(7-9)16-12(15-10)13(8-14)5-2-6-13/h3-4,7H,2,5-6,8,14H2,1H3,(H,15,16). The Hall–Kier alpha value is -1.35. The third-order valence-corrected chi connectivity index (χ3v) is 3.84. The van der Waals surface area contributed by atoms with Gasteiger partial charge in [0.25, 0.3) is 0 Å². The zero-order valence-electron chi connectivity index (χ0n) is 9.59. The lowest BCUT2D eigenvalue weighted by Crippen LogP contribution is -2.42. The van der Waals surface area contributed by atoms with Gasteiger partial charge >= 0.3 is 0 Å². The molecule has 16 heavy (non-hydrogen) atoms. The van der Waals surface area contributed by atoms with E-state index in [-0.39, 0.29) is 5.41 Å². The second-order valence-electron chi connectivity index (χ2n) is 4.94. The molecule has 1 heterocycles. The molecule has 3 rings (SSSR count). The number of nitrogens with two attached hydrogens (primary N) is 1. The SMILES string of the molecule is Cc1ccc2nc(C3(CN)CCC3)[nH]c2c1. The number of fused-ring (bicyclic) bond motifs is 1. The molecule has 0 amide bonds. The van der Waals surface area contributed by atoms with E-state index >= 15 is 0 Å². The van der Waals surface area contributed by atoms with Crippen LogP contribution in [-0.4, -0.2) is 16.5 Å². The van der Waals surface area contributed by atoms with Crippen LogP contribution in [0.5, 0.6) is 0 Å². The van der Waals surface area contributed by atoms with Crippen molar-refractivity contribution in [2.75, 3.05) is 6.54 Å². The molecular formula is C13H17N3. The van der Waals surface area contributed by atoms with Gasteiger partial charge in [-0.3, -0.25) is 0 Å². The van der Waals surface area contributed by atoms with Crippen LogP contribution in [0.1, 0.15) is 30.7 Å². The van der Waals surface area contributed by atoms with Crippen LogP contribution < -0.4 is 5.73 Å². The Morgan fingerprint density at radius 2 is 2.25 bits per heavy atom. The zero-order valence-corrected chi connectivity index (χ0v) is 9.59. The highest BCUT2D eigenvalue weighted by Gasteiger charge is 2.40. The molecule has 1 aliphatic carbocycles. The molecule has 0 bridgehead atoms. The lowest BCUT2D eigenvalue weighted by atomic mass is 9.68. The molecule has 3 N–H and O–H groups in total. The van der Waals surface area contributed by atoms with E-state index in [1.807, 2.05) is 0 Å². The summed E-state index contributed by atoms with van der Waals surface area (Å²) >= 11 is 0. The molecule has 1 saturated carbocycles. The molecule has 3 heteroatoms. The van der Waals surface area contributed by atoms with Gasteiger partial charge in [0.15, 0.2) is 0 Å². The van der Waals surface area contributed by atoms with Crippen LogP contribution in [0.15, 0.2) is 18.2 Å². The maximum absolute atomic E-state index is 5.89. The summed E-state index contributed by atoms with van der Waals surface area (Å²) in [4.78, 5) is 8.12. The predicted molar refractivity (Wildman–Crippen MR) is 65.4 cm³/mol. The fourth-order valence-corrected chi connectivity index (χ4v) is 2.52. The van der Waals surface area contributed by atoms with Gasteiger partial charge in [0.2, 0.25) is 0 Å². The van der Waals surface area contributed by atoms with Crippen molar-refractivity contribution in [2.45, 2.75) is 31.6 Å². The number of nitrogens with one attached hydrogen (secondary N) is 1. The van der Waals surface area contributed by atoms with Crippen LogP contribution in [-0.2, 0) is 5.41 Å². The normalized spacial score (nSPS) is 18.6. The number of H-pyrrole nitrogens is 1. The van der Waals surface area contributed by atoms with E-state index in [9.17, 15) is 0 Å². The first-order valence-electron chi connectivity index (χ1n) is 5.90. The van der Waals surface area contributed by atoms with E-state index in [1.165, 1.54) is 24.8 Å². The molecule has 0 spiro atoms. The number of imidazole rings is 1. The lowest BCUT2D eigenvalue weighted by Gasteiger charge is -2.38. The highest BCUT2D eigenvalue weighted by molar-refractivity contribution is 5.76. The second kappa shape index (κ2) is 3.32. The van der Waals surface area contributed by atoms with Gasteiger partial charge in [0, 0.05) is 12.0 Å². The minimum absolute atomic E-state index is 0.132. The molecule has 1 aromatic heterocycles. The Kier molecular flexibility index (Phi) is 2.04. The Bertz CT molecular complexity index is 517. The first-order valence-corrected chi connectivity index (χ1v) is 5.90. The van der Waals surface area contributed by atoms with Gasteiger partial charge in [0.1, 0.15) is 5.82 Å². The van der Waals surface area contributed by atoms with Crippen LogP contribution in [0.4, 0.5) is 0 Å². The third-order valence-electron chi connectivity index (χ3n) is 3.84. The van der Waals surface area contributed by atoms with E-state index in [2.05, 4.69) is 35.1 Å². The maximum atomic E-state index is 5.89. The number of nitrogens with zero attached hydrogens (tertiary/aromatic N) is 1. The van der Waals surface area contributed by atoms with Crippen molar-refractivity contribution >= 4 is 11.0 Å². The monoisotopic (exact) mass is 215 g/mol. The Morgan fingerprint density at radius 3 is 2.88 bits per heavy atom. The smallest absolute Gasteiger partial charge is 0.114 e. The van der Waals surface area contributed by atoms with Crippen molar-refractivity contribution in [2.24, 2.45) is 5.73 Å². The number of hydrogen-bond donors (Lipinski definition) is 2. The molecule has 1 aromatic carbocycles. The number of rotatable bonds is 2. The second-order valence-corrected chi connectivity index (χ2v) is 4.94. The number of hydrogen-bond acceptors (Lipinski definition) is 2. The van der Waals surface area contributed by atoms with Crippen molar-refractivity contribution in [3.05, 3.63) is 29.6 Å². The topological polar surface area (TPSA) is 54.7 Å². The van der Waals surface area contributed by atoms with E-state index in [0.717, 1.165) is 16.9 Å². The van der Waals surface area contributed by atoms with Crippen LogP contribution >= 0.6 is 0 Å². The summed E-state index contributed by atoms with van der Waals surface area (Å²) in [5, 5.41) is 0. The van der Waals surface area contributed by atoms with Crippen molar-refractivity contribution in [3.63, 3.8) is 0 Å². The first-order chi connectivity index (χ1) is 7.73. The van der Waals surface area contributed by atoms with Gasteiger partial charge in [-0.1, -0.05) is 12.5 Å². The number of aryl methyl sites for hydroxylation is 1. The van der Waals surface area contributed by atoms with Gasteiger partial charge < -0.3 is 10.7 Å². The summed E-state index contributed by atoms with van der Waals surface area (Å²) in [7, 11) is 0. The minimum Gasteiger partial charge on any atom is -0.341 e. The zero-order chi connectivity index (χ0) is 11.2. The van der Waals surface area contributed by atoms with Crippen LogP contribution in [0, 0.1) is 6.92 Å². The summed E-state index contributed by atoms with van der Waals surface area (Å²) in [5.41, 5.74) is 9.48. The molecule has 3 nitrogen and oxygen atoms in total. The van der Waals surface area contributed by atoms with E-state index in [4.69, 9.17) is 5.73 Å². The fraction of sp³-hybridized carbons (Fsp3) is 0.462. The highest BCUT2D eigenvalue weighted by Crippen LogP contribution is 2.41. The minimum atomic E-state index is 0.132. The Labute approximate surface area is 95.1 Å². The summed E-state index contributed by atoms with van der Waals surface area (Å²) in [5.74, 6) is 1.09. The van der Waals surface area contributed by atoms with Crippen LogP contribution in [0.2, 0.25) is 0 Å². The van der Waals surface area contributed by atoms with Gasteiger partial charge in [0.05, 0.1) is 11.0 Å². The van der Waals surface area contributed by atoms with Crippen LogP contribution in [0.3, 0.4) is 0 Å². The van der Waals surface area contributed by atoms with Gasteiger partial charge in [-0.2, -0.15) is 0 Å². The van der Waals surface area contributed by atoms with Gasteiger partial charge in [-0.05, 0) is 37.5 Å². The molecule has 0 saturated heterocycles. The average Bonchev–Trinajstić information content (AvgIpc) is 2.60. The fourth-order valence-electron chi connectivity index (χ4n) is 2.52. The molecule has 84 valence electrons. The Morgan fingerprint density at radius 1 is 1.44 bits per heavy atom. The molecular weight excluding hydrogens is 198 g/mol.